The van der Waals surface area contributed by atoms with Crippen molar-refractivity contribution < 1.29 is 28.9 Å². The summed E-state index contributed by atoms with van der Waals surface area (Å²) in [5.74, 6) is -0.323. The fourth-order valence-electron chi connectivity index (χ4n) is 4.03. The fourth-order valence-corrected chi connectivity index (χ4v) is 4.03. The fraction of sp³-hybridized carbons (Fsp3) is 0.192. The lowest BCUT2D eigenvalue weighted by Crippen LogP contribution is -2.29. The molecule has 4 rings (SSSR count). The summed E-state index contributed by atoms with van der Waals surface area (Å²) >= 11 is 0. The molecule has 1 aromatic heterocycles. The van der Waals surface area contributed by atoms with Gasteiger partial charge in [0.2, 0.25) is 0 Å². The maximum Gasteiger partial charge on any atom is 0.295 e. The molecule has 8 nitrogen and oxygen atoms in total. The number of hydrogen-bond donors (Lipinski definition) is 1. The number of aromatic nitrogens is 1. The Bertz CT molecular complexity index is 1260. The predicted molar refractivity (Wildman–Crippen MR) is 125 cm³/mol. The van der Waals surface area contributed by atoms with Crippen LogP contribution in [0, 0.1) is 0 Å². The Morgan fingerprint density at radius 3 is 2.44 bits per heavy atom. The summed E-state index contributed by atoms with van der Waals surface area (Å²) in [6.07, 6.45) is 3.26. The third kappa shape index (κ3) is 4.17. The lowest BCUT2D eigenvalue weighted by molar-refractivity contribution is -0.140. The second-order valence-electron chi connectivity index (χ2n) is 7.63. The summed E-state index contributed by atoms with van der Waals surface area (Å²) < 4.78 is 16.0. The van der Waals surface area contributed by atoms with Crippen LogP contribution < -0.4 is 14.2 Å². The highest BCUT2D eigenvalue weighted by Gasteiger charge is 2.46. The number of methoxy groups -OCH3 is 3. The molecule has 0 saturated carbocycles. The molecule has 1 N–H and O–H groups in total. The van der Waals surface area contributed by atoms with E-state index in [0.717, 1.165) is 5.56 Å². The van der Waals surface area contributed by atoms with Gasteiger partial charge in [0.05, 0.1) is 32.9 Å². The van der Waals surface area contributed by atoms with Gasteiger partial charge in [0.15, 0.2) is 11.5 Å². The zero-order chi connectivity index (χ0) is 24.2. The zero-order valence-electron chi connectivity index (χ0n) is 19.0. The molecule has 1 aliphatic heterocycles. The van der Waals surface area contributed by atoms with Gasteiger partial charge in [-0.25, -0.2) is 0 Å². The molecule has 174 valence electrons. The highest BCUT2D eigenvalue weighted by Crippen LogP contribution is 2.42. The van der Waals surface area contributed by atoms with Crippen LogP contribution in [0.1, 0.15) is 22.7 Å². The van der Waals surface area contributed by atoms with Gasteiger partial charge >= 0.3 is 0 Å². The van der Waals surface area contributed by atoms with Crippen LogP contribution in [0.4, 0.5) is 0 Å². The Balaban J connectivity index is 1.90. The first-order chi connectivity index (χ1) is 16.5. The predicted octanol–water partition coefficient (Wildman–Crippen LogP) is 3.73. The van der Waals surface area contributed by atoms with E-state index in [2.05, 4.69) is 4.98 Å². The van der Waals surface area contributed by atoms with Crippen LogP contribution in [0.5, 0.6) is 17.2 Å². The van der Waals surface area contributed by atoms with Crippen LogP contribution in [0.2, 0.25) is 0 Å². The quantitative estimate of drug-likeness (QED) is 0.326. The van der Waals surface area contributed by atoms with E-state index >= 15 is 0 Å². The van der Waals surface area contributed by atoms with E-state index in [-0.39, 0.29) is 17.9 Å². The molecule has 0 bridgehead atoms. The SMILES string of the molecule is COc1cccc(/C(O)=C2\C(=O)C(=O)N(Cc3cccnc3)C2c2ccc(OC)c(OC)c2)c1. The third-order valence-corrected chi connectivity index (χ3v) is 5.68. The smallest absolute Gasteiger partial charge is 0.295 e. The average molecular weight is 460 g/mol. The maximum absolute atomic E-state index is 13.2. The highest BCUT2D eigenvalue weighted by atomic mass is 16.5. The van der Waals surface area contributed by atoms with Crippen LogP contribution in [0.25, 0.3) is 5.76 Å². The maximum atomic E-state index is 13.2. The van der Waals surface area contributed by atoms with Gasteiger partial charge in [-0.05, 0) is 41.5 Å². The molecule has 1 fully saturated rings. The number of aliphatic hydroxyl groups excluding tert-OH is 1. The molecule has 3 aromatic rings. The molecule has 1 atom stereocenters. The van der Waals surface area contributed by atoms with E-state index in [9.17, 15) is 14.7 Å². The summed E-state index contributed by atoms with van der Waals surface area (Å²) in [7, 11) is 4.54. The minimum Gasteiger partial charge on any atom is -0.507 e. The Morgan fingerprint density at radius 1 is 0.971 bits per heavy atom. The van der Waals surface area contributed by atoms with Crippen LogP contribution in [-0.4, -0.2) is 48.0 Å². The van der Waals surface area contributed by atoms with Crippen molar-refractivity contribution in [2.75, 3.05) is 21.3 Å². The van der Waals surface area contributed by atoms with E-state index in [4.69, 9.17) is 14.2 Å². The molecular formula is C26H24N2O6. The first-order valence-corrected chi connectivity index (χ1v) is 10.5. The summed E-state index contributed by atoms with van der Waals surface area (Å²) in [6, 6.07) is 14.5. The van der Waals surface area contributed by atoms with Crippen LogP contribution in [0.15, 0.2) is 72.6 Å². The van der Waals surface area contributed by atoms with Crippen molar-refractivity contribution in [2.45, 2.75) is 12.6 Å². The third-order valence-electron chi connectivity index (χ3n) is 5.68. The summed E-state index contributed by atoms with van der Waals surface area (Å²) in [4.78, 5) is 31.9. The summed E-state index contributed by atoms with van der Waals surface area (Å²) in [6.45, 7) is 0.131. The highest BCUT2D eigenvalue weighted by molar-refractivity contribution is 6.46. The van der Waals surface area contributed by atoms with E-state index < -0.39 is 17.7 Å². The number of hydrogen-bond acceptors (Lipinski definition) is 7. The van der Waals surface area contributed by atoms with Crippen molar-refractivity contribution in [3.8, 4) is 17.2 Å². The number of amides is 1. The standard InChI is InChI=1S/C26H24N2O6/c1-32-19-8-4-7-18(12-19)24(29)22-23(17-9-10-20(33-2)21(13-17)34-3)28(26(31)25(22)30)15-16-6-5-11-27-14-16/h4-14,23,29H,15H2,1-3H3/b24-22+. The van der Waals surface area contributed by atoms with Crippen molar-refractivity contribution >= 4 is 17.4 Å². The number of rotatable bonds is 7. The first-order valence-electron chi connectivity index (χ1n) is 10.5. The number of ketones is 1. The summed E-state index contributed by atoms with van der Waals surface area (Å²) in [5, 5.41) is 11.2. The molecule has 0 aliphatic carbocycles. The molecular weight excluding hydrogens is 436 g/mol. The number of Topliss-reactive ketones (excluding diaryl/α,β-unsaturated/α-hetero) is 1. The molecule has 0 radical (unpaired) electrons. The Kier molecular flexibility index (Phi) is 6.49. The van der Waals surface area contributed by atoms with E-state index in [1.807, 2.05) is 6.07 Å². The van der Waals surface area contributed by atoms with Crippen LogP contribution in [-0.2, 0) is 16.1 Å². The van der Waals surface area contributed by atoms with Gasteiger partial charge in [-0.2, -0.15) is 0 Å². The first kappa shape index (κ1) is 22.8. The number of pyridine rings is 1. The minimum atomic E-state index is -0.855. The topological polar surface area (TPSA) is 98.2 Å². The zero-order valence-corrected chi connectivity index (χ0v) is 19.0. The van der Waals surface area contributed by atoms with Crippen molar-refractivity contribution in [3.63, 3.8) is 0 Å². The van der Waals surface area contributed by atoms with Gasteiger partial charge in [-0.3, -0.25) is 14.6 Å². The van der Waals surface area contributed by atoms with Gasteiger partial charge in [-0.1, -0.05) is 24.3 Å². The number of carbonyl (C=O) groups excluding carboxylic acids is 2. The molecule has 8 heteroatoms. The van der Waals surface area contributed by atoms with Crippen LogP contribution in [0.3, 0.4) is 0 Å². The molecule has 2 aromatic carbocycles. The van der Waals surface area contributed by atoms with Crippen molar-refractivity contribution in [2.24, 2.45) is 0 Å². The Hall–Kier alpha value is -4.33. The van der Waals surface area contributed by atoms with Gasteiger partial charge < -0.3 is 24.2 Å². The number of nitrogens with zero attached hydrogens (tertiary/aromatic N) is 2. The molecule has 2 heterocycles. The Labute approximate surface area is 197 Å². The second-order valence-corrected chi connectivity index (χ2v) is 7.63. The van der Waals surface area contributed by atoms with Crippen LogP contribution >= 0.6 is 0 Å². The number of ether oxygens (including phenoxy) is 3. The lowest BCUT2D eigenvalue weighted by atomic mass is 9.94. The van der Waals surface area contributed by atoms with Gasteiger partial charge in [0.1, 0.15) is 11.5 Å². The van der Waals surface area contributed by atoms with E-state index in [1.165, 1.54) is 26.2 Å². The molecule has 1 saturated heterocycles. The number of aliphatic hydroxyl groups is 1. The Morgan fingerprint density at radius 2 is 1.76 bits per heavy atom. The molecule has 1 aliphatic rings. The normalized spacial score (nSPS) is 17.0. The monoisotopic (exact) mass is 460 g/mol. The molecule has 1 unspecified atom stereocenters. The molecule has 34 heavy (non-hydrogen) atoms. The van der Waals surface area contributed by atoms with Crippen molar-refractivity contribution in [3.05, 3.63) is 89.3 Å². The molecule has 1 amide bonds. The molecule has 0 spiro atoms. The number of carbonyl (C=O) groups is 2. The largest absolute Gasteiger partial charge is 0.507 e. The van der Waals surface area contributed by atoms with E-state index in [1.54, 1.807) is 60.9 Å². The van der Waals surface area contributed by atoms with Crippen molar-refractivity contribution in [1.82, 2.24) is 9.88 Å². The van der Waals surface area contributed by atoms with E-state index in [0.29, 0.717) is 28.4 Å². The second kappa shape index (κ2) is 9.66. The number of likely N-dealkylation sites (tertiary alicyclic amines) is 1. The lowest BCUT2D eigenvalue weighted by Gasteiger charge is -2.26. The van der Waals surface area contributed by atoms with Crippen molar-refractivity contribution in [1.29, 1.82) is 0 Å². The van der Waals surface area contributed by atoms with Gasteiger partial charge in [-0.15, -0.1) is 0 Å². The minimum absolute atomic E-state index is 0.0191. The summed E-state index contributed by atoms with van der Waals surface area (Å²) in [5.41, 5.74) is 1.68. The van der Waals surface area contributed by atoms with Gasteiger partial charge in [0.25, 0.3) is 11.7 Å². The average Bonchev–Trinajstić information content (AvgIpc) is 3.13. The van der Waals surface area contributed by atoms with Gasteiger partial charge in [0, 0.05) is 24.5 Å². The number of benzene rings is 2.